The summed E-state index contributed by atoms with van der Waals surface area (Å²) in [7, 11) is 0. The van der Waals surface area contributed by atoms with Gasteiger partial charge in [-0.05, 0) is 49.1 Å². The van der Waals surface area contributed by atoms with Gasteiger partial charge in [0.05, 0.1) is 17.3 Å². The fourth-order valence-electron chi connectivity index (χ4n) is 4.02. The smallest absolute Gasteiger partial charge is 0.149 e. The number of nitrogens with two attached hydrogens (primary N) is 3. The number of rotatable bonds is 6. The van der Waals surface area contributed by atoms with E-state index in [1.807, 2.05) is 24.3 Å². The fraction of sp³-hybridized carbons (Fsp3) is 0.429. The SMILES string of the molecule is N#Cc1ccccc1C(CCNC1CCCCC1)c1cc(N)nc(N)c1N. The first kappa shape index (κ1) is 19.0. The first-order valence-electron chi connectivity index (χ1n) is 9.64. The van der Waals surface area contributed by atoms with Crippen molar-refractivity contribution in [3.05, 3.63) is 47.0 Å². The number of pyridine rings is 1. The third-order valence-electron chi connectivity index (χ3n) is 5.44. The van der Waals surface area contributed by atoms with E-state index in [-0.39, 0.29) is 11.7 Å². The second-order valence-electron chi connectivity index (χ2n) is 7.26. The Hall–Kier alpha value is -2.78. The summed E-state index contributed by atoms with van der Waals surface area (Å²) in [6.45, 7) is 0.844. The van der Waals surface area contributed by atoms with Crippen molar-refractivity contribution >= 4 is 17.3 Å². The van der Waals surface area contributed by atoms with Crippen molar-refractivity contribution in [3.8, 4) is 6.07 Å². The summed E-state index contributed by atoms with van der Waals surface area (Å²) in [6.07, 6.45) is 7.20. The Balaban J connectivity index is 1.88. The van der Waals surface area contributed by atoms with Gasteiger partial charge in [0.15, 0.2) is 0 Å². The molecule has 6 nitrogen and oxygen atoms in total. The van der Waals surface area contributed by atoms with Gasteiger partial charge in [0.2, 0.25) is 0 Å². The van der Waals surface area contributed by atoms with Gasteiger partial charge in [0, 0.05) is 12.0 Å². The first-order chi connectivity index (χ1) is 13.1. The molecule has 27 heavy (non-hydrogen) atoms. The Morgan fingerprint density at radius 2 is 1.85 bits per heavy atom. The minimum atomic E-state index is -0.0652. The van der Waals surface area contributed by atoms with Crippen molar-refractivity contribution in [2.45, 2.75) is 50.5 Å². The molecular weight excluding hydrogens is 336 g/mol. The largest absolute Gasteiger partial charge is 0.396 e. The molecule has 2 aromatic rings. The molecule has 3 rings (SSSR count). The third kappa shape index (κ3) is 4.50. The summed E-state index contributed by atoms with van der Waals surface area (Å²) in [4.78, 5) is 4.06. The third-order valence-corrected chi connectivity index (χ3v) is 5.44. The van der Waals surface area contributed by atoms with Crippen molar-refractivity contribution in [1.82, 2.24) is 10.3 Å². The number of hydrogen-bond acceptors (Lipinski definition) is 6. The second-order valence-corrected chi connectivity index (χ2v) is 7.26. The molecule has 0 amide bonds. The maximum atomic E-state index is 9.56. The molecule has 1 saturated carbocycles. The first-order valence-corrected chi connectivity index (χ1v) is 9.64. The van der Waals surface area contributed by atoms with Crippen molar-refractivity contribution in [2.24, 2.45) is 0 Å². The molecule has 0 saturated heterocycles. The van der Waals surface area contributed by atoms with Gasteiger partial charge in [-0.1, -0.05) is 37.5 Å². The van der Waals surface area contributed by atoms with Crippen LogP contribution >= 0.6 is 0 Å². The van der Waals surface area contributed by atoms with Crippen LogP contribution in [0.15, 0.2) is 30.3 Å². The Morgan fingerprint density at radius 3 is 2.59 bits per heavy atom. The molecule has 1 aliphatic rings. The number of nitrogens with zero attached hydrogens (tertiary/aromatic N) is 2. The van der Waals surface area contributed by atoms with E-state index in [9.17, 15) is 5.26 Å². The standard InChI is InChI=1S/C21H28N6/c22-13-14-6-4-5-9-16(14)17(10-11-26-15-7-2-1-3-8-15)18-12-19(23)27-21(25)20(18)24/h4-6,9,12,15,17,26H,1-3,7-8,10-11,24H2,(H4,23,25,27). The maximum Gasteiger partial charge on any atom is 0.149 e. The number of nitriles is 1. The highest BCUT2D eigenvalue weighted by atomic mass is 14.9. The molecule has 0 spiro atoms. The summed E-state index contributed by atoms with van der Waals surface area (Å²) >= 11 is 0. The highest BCUT2D eigenvalue weighted by molar-refractivity contribution is 5.69. The van der Waals surface area contributed by atoms with Crippen molar-refractivity contribution in [1.29, 1.82) is 5.26 Å². The highest BCUT2D eigenvalue weighted by Crippen LogP contribution is 2.36. The molecular formula is C21H28N6. The lowest BCUT2D eigenvalue weighted by atomic mass is 9.85. The Labute approximate surface area is 160 Å². The average molecular weight is 364 g/mol. The lowest BCUT2D eigenvalue weighted by Gasteiger charge is -2.26. The van der Waals surface area contributed by atoms with Crippen LogP contribution in [0.4, 0.5) is 17.3 Å². The number of nitrogens with one attached hydrogen (secondary N) is 1. The molecule has 1 heterocycles. The number of aromatic nitrogens is 1. The number of nitrogen functional groups attached to an aromatic ring is 3. The predicted molar refractivity (Wildman–Crippen MR) is 110 cm³/mol. The van der Waals surface area contributed by atoms with E-state index in [1.54, 1.807) is 6.07 Å². The fourth-order valence-corrected chi connectivity index (χ4v) is 4.02. The minimum Gasteiger partial charge on any atom is -0.396 e. The predicted octanol–water partition coefficient (Wildman–Crippen LogP) is 3.14. The van der Waals surface area contributed by atoms with Crippen LogP contribution in [0.2, 0.25) is 0 Å². The number of anilines is 3. The van der Waals surface area contributed by atoms with E-state index in [0.717, 1.165) is 24.1 Å². The van der Waals surface area contributed by atoms with E-state index in [4.69, 9.17) is 17.2 Å². The molecule has 1 unspecified atom stereocenters. The average Bonchev–Trinajstić information content (AvgIpc) is 2.69. The summed E-state index contributed by atoms with van der Waals surface area (Å²) in [6, 6.07) is 12.3. The van der Waals surface area contributed by atoms with Crippen LogP contribution in [-0.4, -0.2) is 17.6 Å². The van der Waals surface area contributed by atoms with Crippen molar-refractivity contribution in [2.75, 3.05) is 23.7 Å². The van der Waals surface area contributed by atoms with E-state index in [0.29, 0.717) is 23.1 Å². The molecule has 1 atom stereocenters. The lowest BCUT2D eigenvalue weighted by molar-refractivity contribution is 0.370. The zero-order valence-corrected chi connectivity index (χ0v) is 15.6. The monoisotopic (exact) mass is 364 g/mol. The van der Waals surface area contributed by atoms with Crippen LogP contribution in [-0.2, 0) is 0 Å². The lowest BCUT2D eigenvalue weighted by Crippen LogP contribution is -2.32. The summed E-state index contributed by atoms with van der Waals surface area (Å²) < 4.78 is 0. The van der Waals surface area contributed by atoms with Crippen molar-refractivity contribution < 1.29 is 0 Å². The molecule has 142 valence electrons. The van der Waals surface area contributed by atoms with Crippen molar-refractivity contribution in [3.63, 3.8) is 0 Å². The minimum absolute atomic E-state index is 0.0652. The van der Waals surface area contributed by atoms with Crippen LogP contribution in [0.25, 0.3) is 0 Å². The van der Waals surface area contributed by atoms with Gasteiger partial charge in [-0.3, -0.25) is 0 Å². The van der Waals surface area contributed by atoms with Crippen LogP contribution < -0.4 is 22.5 Å². The molecule has 0 aliphatic heterocycles. The number of hydrogen-bond donors (Lipinski definition) is 4. The van der Waals surface area contributed by atoms with Gasteiger partial charge in [0.1, 0.15) is 11.6 Å². The zero-order valence-electron chi connectivity index (χ0n) is 15.6. The maximum absolute atomic E-state index is 9.56. The number of benzene rings is 1. The quantitative estimate of drug-likeness (QED) is 0.623. The molecule has 0 radical (unpaired) electrons. The van der Waals surface area contributed by atoms with Crippen LogP contribution in [0.5, 0.6) is 0 Å². The molecule has 6 heteroatoms. The molecule has 7 N–H and O–H groups in total. The van der Waals surface area contributed by atoms with E-state index < -0.39 is 0 Å². The molecule has 0 bridgehead atoms. The molecule has 1 aromatic carbocycles. The van der Waals surface area contributed by atoms with E-state index in [2.05, 4.69) is 16.4 Å². The Kier molecular flexibility index (Phi) is 6.15. The highest BCUT2D eigenvalue weighted by Gasteiger charge is 2.22. The van der Waals surface area contributed by atoms with Crippen LogP contribution in [0.3, 0.4) is 0 Å². The molecule has 1 aliphatic carbocycles. The van der Waals surface area contributed by atoms with Gasteiger partial charge in [-0.2, -0.15) is 5.26 Å². The zero-order chi connectivity index (χ0) is 19.2. The van der Waals surface area contributed by atoms with Gasteiger partial charge >= 0.3 is 0 Å². The Bertz CT molecular complexity index is 820. The second kappa shape index (κ2) is 8.74. The Morgan fingerprint density at radius 1 is 1.11 bits per heavy atom. The van der Waals surface area contributed by atoms with E-state index >= 15 is 0 Å². The molecule has 1 fully saturated rings. The van der Waals surface area contributed by atoms with Gasteiger partial charge in [0.25, 0.3) is 0 Å². The summed E-state index contributed by atoms with van der Waals surface area (Å²) in [5.74, 6) is 0.519. The summed E-state index contributed by atoms with van der Waals surface area (Å²) in [5, 5.41) is 13.2. The van der Waals surface area contributed by atoms with Crippen LogP contribution in [0, 0.1) is 11.3 Å². The normalized spacial score (nSPS) is 16.0. The van der Waals surface area contributed by atoms with Gasteiger partial charge in [-0.25, -0.2) is 4.98 Å². The van der Waals surface area contributed by atoms with Crippen LogP contribution in [0.1, 0.15) is 61.1 Å². The van der Waals surface area contributed by atoms with E-state index in [1.165, 1.54) is 32.1 Å². The summed E-state index contributed by atoms with van der Waals surface area (Å²) in [5.41, 5.74) is 21.0. The molecule has 1 aromatic heterocycles. The van der Waals surface area contributed by atoms with Gasteiger partial charge in [-0.15, -0.1) is 0 Å². The topological polar surface area (TPSA) is 127 Å². The van der Waals surface area contributed by atoms with Gasteiger partial charge < -0.3 is 22.5 Å².